The Kier molecular flexibility index (Phi) is 5.46. The monoisotopic (exact) mass is 412 g/mol. The standard InChI is InChI=1S/C21H20N2O5S/c24-21(27-15-20-22-14-19(28-20)16-7-2-1-3-8-16)17-9-6-10-18(13-17)29(25,26)23-11-4-5-12-23/h1-3,6-10,13-14H,4-5,11-12,15H2. The summed E-state index contributed by atoms with van der Waals surface area (Å²) in [5.74, 6) is 0.205. The van der Waals surface area contributed by atoms with E-state index in [1.54, 1.807) is 6.20 Å². The van der Waals surface area contributed by atoms with Crippen molar-refractivity contribution in [2.24, 2.45) is 0 Å². The fraction of sp³-hybridized carbons (Fsp3) is 0.238. The molecule has 1 aliphatic heterocycles. The number of aromatic nitrogens is 1. The maximum absolute atomic E-state index is 12.7. The quantitative estimate of drug-likeness (QED) is 0.576. The van der Waals surface area contributed by atoms with Crippen molar-refractivity contribution in [1.29, 1.82) is 0 Å². The Morgan fingerprint density at radius 3 is 2.59 bits per heavy atom. The summed E-state index contributed by atoms with van der Waals surface area (Å²) in [4.78, 5) is 16.6. The molecule has 0 saturated carbocycles. The molecule has 150 valence electrons. The third kappa shape index (κ3) is 4.23. The minimum absolute atomic E-state index is 0.0938. The number of ether oxygens (including phenoxy) is 1. The molecule has 0 bridgehead atoms. The molecule has 0 N–H and O–H groups in total. The van der Waals surface area contributed by atoms with Gasteiger partial charge in [-0.15, -0.1) is 0 Å². The molecule has 0 amide bonds. The number of benzene rings is 2. The zero-order chi connectivity index (χ0) is 20.3. The molecule has 1 saturated heterocycles. The molecule has 1 fully saturated rings. The van der Waals surface area contributed by atoms with Gasteiger partial charge in [-0.05, 0) is 31.0 Å². The Morgan fingerprint density at radius 2 is 1.83 bits per heavy atom. The van der Waals surface area contributed by atoms with E-state index in [0.29, 0.717) is 18.8 Å². The fourth-order valence-electron chi connectivity index (χ4n) is 3.18. The number of sulfonamides is 1. The van der Waals surface area contributed by atoms with Crippen LogP contribution in [0.15, 0.2) is 70.1 Å². The second-order valence-corrected chi connectivity index (χ2v) is 8.64. The Bertz CT molecular complexity index is 1100. The van der Waals surface area contributed by atoms with Gasteiger partial charge in [0.2, 0.25) is 15.9 Å². The number of carbonyl (C=O) groups is 1. The van der Waals surface area contributed by atoms with Gasteiger partial charge in [-0.2, -0.15) is 4.31 Å². The van der Waals surface area contributed by atoms with Crippen LogP contribution in [-0.2, 0) is 21.4 Å². The number of rotatable bonds is 6. The molecule has 0 atom stereocenters. The number of oxazole rings is 1. The highest BCUT2D eigenvalue weighted by Gasteiger charge is 2.27. The SMILES string of the molecule is O=C(OCc1ncc(-c2ccccc2)o1)c1cccc(S(=O)(=O)N2CCCC2)c1. The molecule has 2 aromatic carbocycles. The van der Waals surface area contributed by atoms with E-state index in [1.165, 1.54) is 28.6 Å². The Morgan fingerprint density at radius 1 is 1.07 bits per heavy atom. The summed E-state index contributed by atoms with van der Waals surface area (Å²) >= 11 is 0. The molecule has 0 radical (unpaired) electrons. The van der Waals surface area contributed by atoms with E-state index in [4.69, 9.17) is 9.15 Å². The first kappa shape index (κ1) is 19.4. The van der Waals surface area contributed by atoms with Crippen LogP contribution in [0.5, 0.6) is 0 Å². The lowest BCUT2D eigenvalue weighted by Crippen LogP contribution is -2.28. The molecule has 3 aromatic rings. The van der Waals surface area contributed by atoms with Gasteiger partial charge in [0.25, 0.3) is 0 Å². The summed E-state index contributed by atoms with van der Waals surface area (Å²) in [7, 11) is -3.59. The van der Waals surface area contributed by atoms with E-state index >= 15 is 0 Å². The van der Waals surface area contributed by atoms with Crippen LogP contribution in [0.1, 0.15) is 29.1 Å². The molecule has 1 aliphatic rings. The van der Waals surface area contributed by atoms with Gasteiger partial charge in [-0.1, -0.05) is 36.4 Å². The molecule has 0 unspecified atom stereocenters. The minimum Gasteiger partial charge on any atom is -0.452 e. The van der Waals surface area contributed by atoms with Gasteiger partial charge in [0.15, 0.2) is 12.4 Å². The van der Waals surface area contributed by atoms with E-state index in [1.807, 2.05) is 30.3 Å². The normalized spacial score (nSPS) is 14.8. The predicted molar refractivity (Wildman–Crippen MR) is 105 cm³/mol. The lowest BCUT2D eigenvalue weighted by atomic mass is 10.2. The minimum atomic E-state index is -3.59. The summed E-state index contributed by atoms with van der Waals surface area (Å²) in [6.07, 6.45) is 3.27. The number of esters is 1. The summed E-state index contributed by atoms with van der Waals surface area (Å²) < 4.78 is 37.7. The highest BCUT2D eigenvalue weighted by atomic mass is 32.2. The lowest BCUT2D eigenvalue weighted by molar-refractivity contribution is 0.0438. The van der Waals surface area contributed by atoms with Crippen molar-refractivity contribution in [2.75, 3.05) is 13.1 Å². The molecule has 1 aromatic heterocycles. The van der Waals surface area contributed by atoms with Crippen LogP contribution in [0.25, 0.3) is 11.3 Å². The molecule has 7 nitrogen and oxygen atoms in total. The van der Waals surface area contributed by atoms with E-state index in [-0.39, 0.29) is 23.0 Å². The molecule has 0 aliphatic carbocycles. The third-order valence-electron chi connectivity index (χ3n) is 4.71. The largest absolute Gasteiger partial charge is 0.452 e. The second kappa shape index (κ2) is 8.18. The van der Waals surface area contributed by atoms with Gasteiger partial charge in [0.05, 0.1) is 16.7 Å². The third-order valence-corrected chi connectivity index (χ3v) is 6.61. The number of carbonyl (C=O) groups excluding carboxylic acids is 1. The van der Waals surface area contributed by atoms with Crippen LogP contribution >= 0.6 is 0 Å². The molecular weight excluding hydrogens is 392 g/mol. The summed E-state index contributed by atoms with van der Waals surface area (Å²) in [6.45, 7) is 0.866. The number of hydrogen-bond acceptors (Lipinski definition) is 6. The zero-order valence-corrected chi connectivity index (χ0v) is 16.5. The molecule has 2 heterocycles. The number of hydrogen-bond donors (Lipinski definition) is 0. The van der Waals surface area contributed by atoms with Crippen LogP contribution < -0.4 is 0 Å². The topological polar surface area (TPSA) is 89.7 Å². The Labute approximate surface area is 169 Å². The van der Waals surface area contributed by atoms with Crippen molar-refractivity contribution in [3.05, 3.63) is 72.2 Å². The fourth-order valence-corrected chi connectivity index (χ4v) is 4.75. The molecule has 8 heteroatoms. The average Bonchev–Trinajstić information content (AvgIpc) is 3.45. The van der Waals surface area contributed by atoms with Gasteiger partial charge >= 0.3 is 5.97 Å². The van der Waals surface area contributed by atoms with E-state index in [2.05, 4.69) is 4.98 Å². The van der Waals surface area contributed by atoms with Crippen LogP contribution in [0.4, 0.5) is 0 Å². The second-order valence-electron chi connectivity index (χ2n) is 6.70. The highest BCUT2D eigenvalue weighted by Crippen LogP contribution is 2.23. The highest BCUT2D eigenvalue weighted by molar-refractivity contribution is 7.89. The van der Waals surface area contributed by atoms with Crippen LogP contribution in [-0.4, -0.2) is 36.8 Å². The molecule has 29 heavy (non-hydrogen) atoms. The van der Waals surface area contributed by atoms with Crippen LogP contribution in [0.3, 0.4) is 0 Å². The maximum Gasteiger partial charge on any atom is 0.338 e. The number of nitrogens with zero attached hydrogens (tertiary/aromatic N) is 2. The van der Waals surface area contributed by atoms with Crippen molar-refractivity contribution < 1.29 is 22.4 Å². The zero-order valence-electron chi connectivity index (χ0n) is 15.7. The average molecular weight is 412 g/mol. The van der Waals surface area contributed by atoms with Gasteiger partial charge in [-0.25, -0.2) is 18.2 Å². The first-order valence-corrected chi connectivity index (χ1v) is 10.8. The van der Waals surface area contributed by atoms with Crippen molar-refractivity contribution in [2.45, 2.75) is 24.3 Å². The van der Waals surface area contributed by atoms with Crippen LogP contribution in [0.2, 0.25) is 0 Å². The van der Waals surface area contributed by atoms with Crippen molar-refractivity contribution in [1.82, 2.24) is 9.29 Å². The van der Waals surface area contributed by atoms with Gasteiger partial charge in [0.1, 0.15) is 0 Å². The van der Waals surface area contributed by atoms with E-state index < -0.39 is 16.0 Å². The smallest absolute Gasteiger partial charge is 0.338 e. The lowest BCUT2D eigenvalue weighted by Gasteiger charge is -2.15. The Balaban J connectivity index is 1.44. The first-order valence-electron chi connectivity index (χ1n) is 9.31. The van der Waals surface area contributed by atoms with E-state index in [0.717, 1.165) is 18.4 Å². The van der Waals surface area contributed by atoms with Crippen molar-refractivity contribution >= 4 is 16.0 Å². The van der Waals surface area contributed by atoms with Crippen molar-refractivity contribution in [3.8, 4) is 11.3 Å². The van der Waals surface area contributed by atoms with Gasteiger partial charge in [0, 0.05) is 18.7 Å². The molecule has 4 rings (SSSR count). The maximum atomic E-state index is 12.7. The van der Waals surface area contributed by atoms with E-state index in [9.17, 15) is 13.2 Å². The van der Waals surface area contributed by atoms with Crippen molar-refractivity contribution in [3.63, 3.8) is 0 Å². The summed E-state index contributed by atoms with van der Waals surface area (Å²) in [5.41, 5.74) is 1.04. The summed E-state index contributed by atoms with van der Waals surface area (Å²) in [5, 5.41) is 0. The Hall–Kier alpha value is -2.97. The first-order chi connectivity index (χ1) is 14.0. The summed E-state index contributed by atoms with van der Waals surface area (Å²) in [6, 6.07) is 15.4. The predicted octanol–water partition coefficient (Wildman–Crippen LogP) is 3.48. The molecule has 0 spiro atoms. The van der Waals surface area contributed by atoms with Gasteiger partial charge in [-0.3, -0.25) is 0 Å². The van der Waals surface area contributed by atoms with Crippen LogP contribution in [0, 0.1) is 0 Å². The van der Waals surface area contributed by atoms with Gasteiger partial charge < -0.3 is 9.15 Å². The molecular formula is C21H20N2O5S.